The van der Waals surface area contributed by atoms with E-state index in [2.05, 4.69) is 20.6 Å². The zero-order valence-corrected chi connectivity index (χ0v) is 16.5. The number of nitriles is 1. The van der Waals surface area contributed by atoms with E-state index in [-0.39, 0.29) is 17.3 Å². The summed E-state index contributed by atoms with van der Waals surface area (Å²) in [6.07, 6.45) is 0. The quantitative estimate of drug-likeness (QED) is 0.587. The number of ketones is 1. The highest BCUT2D eigenvalue weighted by Gasteiger charge is 2.39. The Balaban J connectivity index is 1.71. The Hall–Kier alpha value is -3.83. The Labute approximate surface area is 176 Å². The number of hydrogen-bond donors (Lipinski definition) is 3. The SMILES string of the molecule is COc1ccc(Nc2nc3c(c(=O)[nH]2)C(=O)[C@H](C#N)[C@H](c2ccc(Cl)cc2)N3)cc1. The zero-order valence-electron chi connectivity index (χ0n) is 15.8. The number of H-pyrrole nitrogens is 1. The first-order chi connectivity index (χ1) is 14.5. The van der Waals surface area contributed by atoms with Crippen molar-refractivity contribution in [1.82, 2.24) is 9.97 Å². The maximum absolute atomic E-state index is 12.9. The molecule has 3 aromatic rings. The summed E-state index contributed by atoms with van der Waals surface area (Å²) in [6.45, 7) is 0. The highest BCUT2D eigenvalue weighted by Crippen LogP contribution is 2.35. The van der Waals surface area contributed by atoms with Crippen molar-refractivity contribution in [2.75, 3.05) is 17.7 Å². The molecular formula is C21H16ClN5O3. The molecule has 3 N–H and O–H groups in total. The van der Waals surface area contributed by atoms with Crippen LogP contribution in [0, 0.1) is 17.2 Å². The molecule has 0 amide bonds. The van der Waals surface area contributed by atoms with Crippen molar-refractivity contribution in [2.45, 2.75) is 6.04 Å². The average Bonchev–Trinajstić information content (AvgIpc) is 2.74. The third-order valence-corrected chi connectivity index (χ3v) is 5.05. The first-order valence-corrected chi connectivity index (χ1v) is 9.39. The lowest BCUT2D eigenvalue weighted by molar-refractivity contribution is 0.0930. The van der Waals surface area contributed by atoms with E-state index in [4.69, 9.17) is 16.3 Å². The number of anilines is 3. The molecule has 2 aromatic carbocycles. The number of nitrogens with one attached hydrogen (secondary N) is 3. The summed E-state index contributed by atoms with van der Waals surface area (Å²) >= 11 is 5.94. The van der Waals surface area contributed by atoms with Crippen LogP contribution in [0.15, 0.2) is 53.3 Å². The third-order valence-electron chi connectivity index (χ3n) is 4.79. The number of rotatable bonds is 4. The molecule has 8 nitrogen and oxygen atoms in total. The average molecular weight is 422 g/mol. The minimum Gasteiger partial charge on any atom is -0.497 e. The van der Waals surface area contributed by atoms with Gasteiger partial charge in [0.05, 0.1) is 19.2 Å². The largest absolute Gasteiger partial charge is 0.497 e. The van der Waals surface area contributed by atoms with Crippen molar-refractivity contribution in [1.29, 1.82) is 5.26 Å². The Morgan fingerprint density at radius 3 is 2.47 bits per heavy atom. The molecule has 150 valence electrons. The second-order valence-corrected chi connectivity index (χ2v) is 7.07. The minimum atomic E-state index is -1.07. The zero-order chi connectivity index (χ0) is 21.3. The van der Waals surface area contributed by atoms with Crippen LogP contribution in [0.25, 0.3) is 0 Å². The Kier molecular flexibility index (Phi) is 5.12. The van der Waals surface area contributed by atoms with Crippen LogP contribution < -0.4 is 20.9 Å². The van der Waals surface area contributed by atoms with Crippen LogP contribution in [-0.2, 0) is 0 Å². The van der Waals surface area contributed by atoms with Crippen LogP contribution in [0.4, 0.5) is 17.5 Å². The fourth-order valence-corrected chi connectivity index (χ4v) is 3.42. The number of methoxy groups -OCH3 is 1. The second kappa shape index (κ2) is 7.89. The molecule has 0 saturated heterocycles. The summed E-state index contributed by atoms with van der Waals surface area (Å²) in [4.78, 5) is 32.4. The number of aromatic nitrogens is 2. The summed E-state index contributed by atoms with van der Waals surface area (Å²) in [5.74, 6) is -0.674. The van der Waals surface area contributed by atoms with Gasteiger partial charge in [0, 0.05) is 10.7 Å². The van der Waals surface area contributed by atoms with Crippen molar-refractivity contribution in [3.05, 3.63) is 75.0 Å². The Morgan fingerprint density at radius 1 is 1.13 bits per heavy atom. The fraction of sp³-hybridized carbons (Fsp3) is 0.143. The van der Waals surface area contributed by atoms with E-state index in [1.165, 1.54) is 0 Å². The summed E-state index contributed by atoms with van der Waals surface area (Å²) in [5.41, 5.74) is 0.581. The van der Waals surface area contributed by atoms with Gasteiger partial charge in [-0.1, -0.05) is 23.7 Å². The van der Waals surface area contributed by atoms with Crippen LogP contribution >= 0.6 is 11.6 Å². The molecule has 2 heterocycles. The molecular weight excluding hydrogens is 406 g/mol. The van der Waals surface area contributed by atoms with Gasteiger partial charge in [-0.2, -0.15) is 10.2 Å². The van der Waals surface area contributed by atoms with Gasteiger partial charge in [-0.25, -0.2) is 0 Å². The molecule has 9 heteroatoms. The first-order valence-electron chi connectivity index (χ1n) is 9.01. The fourth-order valence-electron chi connectivity index (χ4n) is 3.29. The van der Waals surface area contributed by atoms with Gasteiger partial charge in [-0.15, -0.1) is 0 Å². The van der Waals surface area contributed by atoms with Crippen molar-refractivity contribution in [3.8, 4) is 11.8 Å². The lowest BCUT2D eigenvalue weighted by atomic mass is 9.85. The van der Waals surface area contributed by atoms with Gasteiger partial charge in [0.25, 0.3) is 5.56 Å². The number of hydrogen-bond acceptors (Lipinski definition) is 7. The summed E-state index contributed by atoms with van der Waals surface area (Å²) in [6, 6.07) is 15.2. The van der Waals surface area contributed by atoms with Gasteiger partial charge in [0.2, 0.25) is 5.95 Å². The molecule has 0 spiro atoms. The van der Waals surface area contributed by atoms with Crippen LogP contribution in [0.2, 0.25) is 5.02 Å². The highest BCUT2D eigenvalue weighted by molar-refractivity contribution is 6.30. The van der Waals surface area contributed by atoms with E-state index >= 15 is 0 Å². The minimum absolute atomic E-state index is 0.117. The second-order valence-electron chi connectivity index (χ2n) is 6.64. The molecule has 0 fully saturated rings. The smallest absolute Gasteiger partial charge is 0.265 e. The van der Waals surface area contributed by atoms with Crippen LogP contribution in [0.1, 0.15) is 22.0 Å². The van der Waals surface area contributed by atoms with Crippen LogP contribution in [0.3, 0.4) is 0 Å². The number of benzene rings is 2. The number of Topliss-reactive ketones (excluding diaryl/α,β-unsaturated/α-hetero) is 1. The number of nitrogens with zero attached hydrogens (tertiary/aromatic N) is 2. The molecule has 0 saturated carbocycles. The summed E-state index contributed by atoms with van der Waals surface area (Å²) in [7, 11) is 1.57. The molecule has 1 aliphatic rings. The lowest BCUT2D eigenvalue weighted by Gasteiger charge is -2.29. The van der Waals surface area contributed by atoms with Gasteiger partial charge in [0.15, 0.2) is 5.78 Å². The molecule has 1 aliphatic heterocycles. The normalized spacial score (nSPS) is 17.4. The Bertz CT molecular complexity index is 1200. The van der Waals surface area contributed by atoms with Crippen LogP contribution in [-0.4, -0.2) is 22.9 Å². The highest BCUT2D eigenvalue weighted by atomic mass is 35.5. The molecule has 30 heavy (non-hydrogen) atoms. The van der Waals surface area contributed by atoms with Crippen molar-refractivity contribution in [2.24, 2.45) is 5.92 Å². The van der Waals surface area contributed by atoms with E-state index < -0.39 is 23.3 Å². The molecule has 2 atom stereocenters. The van der Waals surface area contributed by atoms with E-state index in [1.807, 2.05) is 6.07 Å². The molecule has 4 rings (SSSR count). The number of ether oxygens (including phenoxy) is 1. The predicted octanol–water partition coefficient (Wildman–Crippen LogP) is 3.66. The van der Waals surface area contributed by atoms with E-state index in [0.29, 0.717) is 22.0 Å². The monoisotopic (exact) mass is 421 g/mol. The molecule has 0 bridgehead atoms. The number of carbonyl (C=O) groups is 1. The number of carbonyl (C=O) groups excluding carboxylic acids is 1. The maximum atomic E-state index is 12.9. The van der Waals surface area contributed by atoms with Gasteiger partial charge in [0.1, 0.15) is 23.0 Å². The first kappa shape index (κ1) is 19.5. The molecule has 0 aliphatic carbocycles. The lowest BCUT2D eigenvalue weighted by Crippen LogP contribution is -2.37. The Morgan fingerprint density at radius 2 is 1.83 bits per heavy atom. The number of aromatic amines is 1. The van der Waals surface area contributed by atoms with Crippen LogP contribution in [0.5, 0.6) is 5.75 Å². The predicted molar refractivity (Wildman–Crippen MR) is 112 cm³/mol. The maximum Gasteiger partial charge on any atom is 0.265 e. The van der Waals surface area contributed by atoms with Gasteiger partial charge < -0.3 is 15.4 Å². The standard InChI is InChI=1S/C21H16ClN5O3/c1-30-14-8-6-13(7-9-14)24-21-26-19-16(20(29)27-21)18(28)15(10-23)17(25-19)11-2-4-12(22)5-3-11/h2-9,15,17H,1H3,(H3,24,25,26,27,29)/t15-,17+/m1/s1. The van der Waals surface area contributed by atoms with E-state index in [1.54, 1.807) is 55.6 Å². The number of halogens is 1. The van der Waals surface area contributed by atoms with Gasteiger partial charge in [-0.05, 0) is 42.0 Å². The molecule has 1 aromatic heterocycles. The van der Waals surface area contributed by atoms with Crippen molar-refractivity contribution < 1.29 is 9.53 Å². The van der Waals surface area contributed by atoms with E-state index in [0.717, 1.165) is 0 Å². The molecule has 0 unspecified atom stereocenters. The van der Waals surface area contributed by atoms with Crippen molar-refractivity contribution >= 4 is 34.8 Å². The number of fused-ring (bicyclic) bond motifs is 1. The van der Waals surface area contributed by atoms with Gasteiger partial charge >= 0.3 is 0 Å². The van der Waals surface area contributed by atoms with E-state index in [9.17, 15) is 14.9 Å². The van der Waals surface area contributed by atoms with Crippen molar-refractivity contribution in [3.63, 3.8) is 0 Å². The molecule has 0 radical (unpaired) electrons. The summed E-state index contributed by atoms with van der Waals surface area (Å²) < 4.78 is 5.12. The summed E-state index contributed by atoms with van der Waals surface area (Å²) in [5, 5.41) is 16.2. The topological polar surface area (TPSA) is 120 Å². The third kappa shape index (κ3) is 3.58. The van der Waals surface area contributed by atoms with Gasteiger partial charge in [-0.3, -0.25) is 14.6 Å².